The number of rotatable bonds is 5. The first-order valence-electron chi connectivity index (χ1n) is 6.93. The van der Waals surface area contributed by atoms with Crippen LogP contribution >= 0.6 is 0 Å². The molecule has 0 unspecified atom stereocenters. The minimum absolute atomic E-state index is 0.262. The SMILES string of the molecule is Cc1ccc(NC(=O)COC(=O)[C@@H](O)c2ccccc2)cc1F. The lowest BCUT2D eigenvalue weighted by Crippen LogP contribution is -2.24. The van der Waals surface area contributed by atoms with Crippen molar-refractivity contribution >= 4 is 17.6 Å². The van der Waals surface area contributed by atoms with Crippen LogP contribution in [0, 0.1) is 12.7 Å². The smallest absolute Gasteiger partial charge is 0.340 e. The van der Waals surface area contributed by atoms with Crippen LogP contribution in [0.25, 0.3) is 0 Å². The highest BCUT2D eigenvalue weighted by atomic mass is 19.1. The summed E-state index contributed by atoms with van der Waals surface area (Å²) in [5.41, 5.74) is 1.09. The molecule has 0 aliphatic heterocycles. The molecule has 23 heavy (non-hydrogen) atoms. The van der Waals surface area contributed by atoms with E-state index in [1.807, 2.05) is 0 Å². The lowest BCUT2D eigenvalue weighted by molar-refractivity contribution is -0.156. The van der Waals surface area contributed by atoms with Crippen LogP contribution in [0.1, 0.15) is 17.2 Å². The average Bonchev–Trinajstić information content (AvgIpc) is 2.56. The van der Waals surface area contributed by atoms with Crippen molar-refractivity contribution < 1.29 is 23.8 Å². The molecule has 0 saturated carbocycles. The fourth-order valence-corrected chi connectivity index (χ4v) is 1.85. The highest BCUT2D eigenvalue weighted by Gasteiger charge is 2.19. The van der Waals surface area contributed by atoms with Crippen molar-refractivity contribution in [2.45, 2.75) is 13.0 Å². The summed E-state index contributed by atoms with van der Waals surface area (Å²) in [6, 6.07) is 12.5. The first-order valence-corrected chi connectivity index (χ1v) is 6.93. The minimum atomic E-state index is -1.46. The first kappa shape index (κ1) is 16.6. The van der Waals surface area contributed by atoms with E-state index in [9.17, 15) is 19.1 Å². The number of esters is 1. The van der Waals surface area contributed by atoms with E-state index in [0.29, 0.717) is 11.1 Å². The zero-order valence-corrected chi connectivity index (χ0v) is 12.5. The Labute approximate surface area is 132 Å². The van der Waals surface area contributed by atoms with E-state index in [-0.39, 0.29) is 5.69 Å². The molecule has 0 aromatic heterocycles. The number of halogens is 1. The largest absolute Gasteiger partial charge is 0.453 e. The topological polar surface area (TPSA) is 75.6 Å². The minimum Gasteiger partial charge on any atom is -0.453 e. The Hall–Kier alpha value is -2.73. The Morgan fingerprint density at radius 2 is 1.91 bits per heavy atom. The third-order valence-corrected chi connectivity index (χ3v) is 3.14. The number of anilines is 1. The van der Waals surface area contributed by atoms with Crippen molar-refractivity contribution in [1.29, 1.82) is 0 Å². The van der Waals surface area contributed by atoms with Crippen LogP contribution < -0.4 is 5.32 Å². The predicted octanol–water partition coefficient (Wildman–Crippen LogP) is 2.35. The van der Waals surface area contributed by atoms with E-state index < -0.39 is 30.4 Å². The van der Waals surface area contributed by atoms with E-state index in [1.54, 1.807) is 37.3 Å². The molecule has 120 valence electrons. The maximum atomic E-state index is 13.4. The third kappa shape index (κ3) is 4.62. The maximum Gasteiger partial charge on any atom is 0.340 e. The van der Waals surface area contributed by atoms with Crippen LogP contribution in [-0.2, 0) is 14.3 Å². The highest BCUT2D eigenvalue weighted by molar-refractivity contribution is 5.93. The van der Waals surface area contributed by atoms with E-state index in [1.165, 1.54) is 18.2 Å². The molecule has 6 heteroatoms. The van der Waals surface area contributed by atoms with Crippen LogP contribution in [0.2, 0.25) is 0 Å². The molecular weight excluding hydrogens is 301 g/mol. The second-order valence-corrected chi connectivity index (χ2v) is 4.93. The molecule has 2 aromatic rings. The number of aliphatic hydroxyl groups excluding tert-OH is 1. The van der Waals surface area contributed by atoms with Crippen LogP contribution in [-0.4, -0.2) is 23.6 Å². The van der Waals surface area contributed by atoms with Gasteiger partial charge in [-0.15, -0.1) is 0 Å². The normalized spacial score (nSPS) is 11.6. The van der Waals surface area contributed by atoms with Gasteiger partial charge in [0.1, 0.15) is 5.82 Å². The molecular formula is C17H16FNO4. The van der Waals surface area contributed by atoms with Crippen molar-refractivity contribution in [2.24, 2.45) is 0 Å². The molecule has 0 aliphatic rings. The van der Waals surface area contributed by atoms with Gasteiger partial charge in [0.2, 0.25) is 0 Å². The van der Waals surface area contributed by atoms with Crippen LogP contribution in [0.4, 0.5) is 10.1 Å². The molecule has 0 saturated heterocycles. The zero-order valence-electron chi connectivity index (χ0n) is 12.5. The molecule has 1 amide bonds. The number of amides is 1. The fraction of sp³-hybridized carbons (Fsp3) is 0.176. The predicted molar refractivity (Wildman–Crippen MR) is 82.1 cm³/mol. The lowest BCUT2D eigenvalue weighted by Gasteiger charge is -2.11. The van der Waals surface area contributed by atoms with E-state index in [0.717, 1.165) is 0 Å². The molecule has 0 aliphatic carbocycles. The Balaban J connectivity index is 1.86. The van der Waals surface area contributed by atoms with E-state index >= 15 is 0 Å². The average molecular weight is 317 g/mol. The number of hydrogen-bond acceptors (Lipinski definition) is 4. The number of nitrogens with one attached hydrogen (secondary N) is 1. The van der Waals surface area contributed by atoms with Gasteiger partial charge in [-0.2, -0.15) is 0 Å². The van der Waals surface area contributed by atoms with Crippen LogP contribution in [0.5, 0.6) is 0 Å². The van der Waals surface area contributed by atoms with Gasteiger partial charge < -0.3 is 15.2 Å². The molecule has 0 radical (unpaired) electrons. The summed E-state index contributed by atoms with van der Waals surface area (Å²) in [6.45, 7) is 1.03. The molecule has 2 aromatic carbocycles. The van der Waals surface area contributed by atoms with Gasteiger partial charge in [-0.05, 0) is 30.2 Å². The Morgan fingerprint density at radius 1 is 1.22 bits per heavy atom. The van der Waals surface area contributed by atoms with Crippen molar-refractivity contribution in [3.63, 3.8) is 0 Å². The summed E-state index contributed by atoms with van der Waals surface area (Å²) in [5.74, 6) is -2.00. The van der Waals surface area contributed by atoms with Crippen LogP contribution in [0.15, 0.2) is 48.5 Å². The van der Waals surface area contributed by atoms with Crippen molar-refractivity contribution in [2.75, 3.05) is 11.9 Å². The second kappa shape index (κ2) is 7.51. The van der Waals surface area contributed by atoms with Crippen LogP contribution in [0.3, 0.4) is 0 Å². The van der Waals surface area contributed by atoms with Gasteiger partial charge in [0.05, 0.1) is 0 Å². The summed E-state index contributed by atoms with van der Waals surface area (Å²) in [4.78, 5) is 23.4. The van der Waals surface area contributed by atoms with Crippen molar-refractivity contribution in [3.05, 3.63) is 65.5 Å². The number of benzene rings is 2. The summed E-state index contributed by atoms with van der Waals surface area (Å²) in [6.07, 6.45) is -1.46. The highest BCUT2D eigenvalue weighted by Crippen LogP contribution is 2.15. The molecule has 0 heterocycles. The lowest BCUT2D eigenvalue weighted by atomic mass is 10.1. The number of hydrogen-bond donors (Lipinski definition) is 2. The van der Waals surface area contributed by atoms with E-state index in [2.05, 4.69) is 5.32 Å². The van der Waals surface area contributed by atoms with Gasteiger partial charge in [-0.3, -0.25) is 4.79 Å². The number of carbonyl (C=O) groups excluding carboxylic acids is 2. The Kier molecular flexibility index (Phi) is 5.43. The molecule has 2 rings (SSSR count). The van der Waals surface area contributed by atoms with Gasteiger partial charge in [-0.25, -0.2) is 9.18 Å². The number of ether oxygens (including phenoxy) is 1. The first-order chi connectivity index (χ1) is 11.0. The quantitative estimate of drug-likeness (QED) is 0.830. The fourth-order valence-electron chi connectivity index (χ4n) is 1.85. The third-order valence-electron chi connectivity index (χ3n) is 3.14. The summed E-state index contributed by atoms with van der Waals surface area (Å²) < 4.78 is 18.1. The number of aryl methyl sites for hydroxylation is 1. The van der Waals surface area contributed by atoms with Gasteiger partial charge in [0.25, 0.3) is 5.91 Å². The van der Waals surface area contributed by atoms with Gasteiger partial charge >= 0.3 is 5.97 Å². The van der Waals surface area contributed by atoms with E-state index in [4.69, 9.17) is 4.74 Å². The monoisotopic (exact) mass is 317 g/mol. The number of carbonyl (C=O) groups is 2. The molecule has 5 nitrogen and oxygen atoms in total. The molecule has 1 atom stereocenters. The van der Waals surface area contributed by atoms with Crippen molar-refractivity contribution in [3.8, 4) is 0 Å². The number of aliphatic hydroxyl groups is 1. The second-order valence-electron chi connectivity index (χ2n) is 4.93. The molecule has 0 fully saturated rings. The van der Waals surface area contributed by atoms with Gasteiger partial charge in [-0.1, -0.05) is 36.4 Å². The Morgan fingerprint density at radius 3 is 2.57 bits per heavy atom. The maximum absolute atomic E-state index is 13.4. The van der Waals surface area contributed by atoms with Crippen molar-refractivity contribution in [1.82, 2.24) is 0 Å². The molecule has 0 bridgehead atoms. The standard InChI is InChI=1S/C17H16FNO4/c1-11-7-8-13(9-14(11)18)19-15(20)10-23-17(22)16(21)12-5-3-2-4-6-12/h2-9,16,21H,10H2,1H3,(H,19,20)/t16-/m0/s1. The summed E-state index contributed by atoms with van der Waals surface area (Å²) >= 11 is 0. The van der Waals surface area contributed by atoms with Gasteiger partial charge in [0, 0.05) is 5.69 Å². The van der Waals surface area contributed by atoms with Gasteiger partial charge in [0.15, 0.2) is 12.7 Å². The Bertz CT molecular complexity index is 703. The molecule has 2 N–H and O–H groups in total. The molecule has 0 spiro atoms. The zero-order chi connectivity index (χ0) is 16.8. The summed E-state index contributed by atoms with van der Waals surface area (Å²) in [5, 5.41) is 12.2. The summed E-state index contributed by atoms with van der Waals surface area (Å²) in [7, 11) is 0.